The molecule has 1 aliphatic rings. The lowest BCUT2D eigenvalue weighted by Crippen LogP contribution is -2.38. The van der Waals surface area contributed by atoms with Gasteiger partial charge in [0.25, 0.3) is 11.8 Å². The van der Waals surface area contributed by atoms with E-state index in [1.54, 1.807) is 34.5 Å². The van der Waals surface area contributed by atoms with Gasteiger partial charge in [0.05, 0.1) is 12.2 Å². The number of carbonyl (C=O) groups excluding carboxylic acids is 3. The second-order valence-corrected chi connectivity index (χ2v) is 8.67. The van der Waals surface area contributed by atoms with Crippen LogP contribution in [0.4, 0.5) is 10.1 Å². The van der Waals surface area contributed by atoms with Crippen molar-refractivity contribution in [2.75, 3.05) is 31.2 Å². The molecule has 0 bridgehead atoms. The molecule has 0 spiro atoms. The average Bonchev–Trinajstić information content (AvgIpc) is 3.33. The summed E-state index contributed by atoms with van der Waals surface area (Å²) in [6.45, 7) is 4.68. The quantitative estimate of drug-likeness (QED) is 0.416. The summed E-state index contributed by atoms with van der Waals surface area (Å²) in [7, 11) is 0. The van der Waals surface area contributed by atoms with E-state index in [0.717, 1.165) is 0 Å². The van der Waals surface area contributed by atoms with E-state index in [0.29, 0.717) is 40.8 Å². The summed E-state index contributed by atoms with van der Waals surface area (Å²) < 4.78 is 24.3. The van der Waals surface area contributed by atoms with Crippen LogP contribution in [0.1, 0.15) is 39.7 Å². The molecule has 0 saturated carbocycles. The van der Waals surface area contributed by atoms with Crippen molar-refractivity contribution in [3.05, 3.63) is 69.9 Å². The molecule has 35 heavy (non-hydrogen) atoms. The number of aromatic nitrogens is 1. The average molecular weight is 498 g/mol. The van der Waals surface area contributed by atoms with Gasteiger partial charge in [-0.15, -0.1) is 11.3 Å². The molecule has 2 heterocycles. The molecule has 1 aromatic heterocycles. The molecule has 0 atom stereocenters. The Bertz CT molecular complexity index is 1260. The van der Waals surface area contributed by atoms with Crippen LogP contribution in [0.15, 0.2) is 47.8 Å². The summed E-state index contributed by atoms with van der Waals surface area (Å²) in [5.74, 6) is -0.531. The Balaban J connectivity index is 1.51. The summed E-state index contributed by atoms with van der Waals surface area (Å²) in [5, 5.41) is 2.28. The summed E-state index contributed by atoms with van der Waals surface area (Å²) in [6.07, 6.45) is 0. The second-order valence-electron chi connectivity index (χ2n) is 7.72. The Morgan fingerprint density at radius 1 is 1.20 bits per heavy atom. The number of rotatable bonds is 9. The Kier molecular flexibility index (Phi) is 7.40. The standard InChI is InChI=1S/C25H24FN3O5S/c1-3-28(4-2)25(32)19-15-35-23(27-19)12-29-20-10-16(8-9-22(20)34-14-24(29)31)21(30)13-33-18-7-5-6-17(26)11-18/h5-11,15H,3-4,12-14H2,1-2H3. The van der Waals surface area contributed by atoms with Gasteiger partial charge in [0, 0.05) is 30.1 Å². The predicted molar refractivity (Wildman–Crippen MR) is 129 cm³/mol. The highest BCUT2D eigenvalue weighted by Gasteiger charge is 2.28. The van der Waals surface area contributed by atoms with E-state index in [4.69, 9.17) is 9.47 Å². The van der Waals surface area contributed by atoms with Gasteiger partial charge in [0.1, 0.15) is 28.0 Å². The normalized spacial score (nSPS) is 12.7. The van der Waals surface area contributed by atoms with Crippen LogP contribution in [-0.4, -0.2) is 53.8 Å². The molecule has 0 N–H and O–H groups in total. The van der Waals surface area contributed by atoms with E-state index in [2.05, 4.69) is 4.98 Å². The number of anilines is 1. The number of amides is 2. The minimum Gasteiger partial charge on any atom is -0.485 e. The Labute approximate surface area is 205 Å². The van der Waals surface area contributed by atoms with Gasteiger partial charge in [-0.3, -0.25) is 19.3 Å². The Morgan fingerprint density at radius 2 is 2.00 bits per heavy atom. The molecule has 10 heteroatoms. The third-order valence-corrected chi connectivity index (χ3v) is 6.34. The summed E-state index contributed by atoms with van der Waals surface area (Å²) >= 11 is 1.29. The minimum atomic E-state index is -0.459. The number of ether oxygens (including phenoxy) is 2. The maximum absolute atomic E-state index is 13.3. The lowest BCUT2D eigenvalue weighted by atomic mass is 10.1. The monoisotopic (exact) mass is 497 g/mol. The smallest absolute Gasteiger partial charge is 0.273 e. The van der Waals surface area contributed by atoms with Crippen molar-refractivity contribution in [2.45, 2.75) is 20.4 Å². The van der Waals surface area contributed by atoms with Gasteiger partial charge < -0.3 is 14.4 Å². The second kappa shape index (κ2) is 10.6. The van der Waals surface area contributed by atoms with Crippen molar-refractivity contribution in [3.8, 4) is 11.5 Å². The van der Waals surface area contributed by atoms with Crippen LogP contribution >= 0.6 is 11.3 Å². The Hall–Kier alpha value is -3.79. The van der Waals surface area contributed by atoms with Crippen LogP contribution < -0.4 is 14.4 Å². The van der Waals surface area contributed by atoms with Gasteiger partial charge in [-0.1, -0.05) is 6.07 Å². The van der Waals surface area contributed by atoms with Gasteiger partial charge in [-0.25, -0.2) is 9.37 Å². The summed E-state index contributed by atoms with van der Waals surface area (Å²) in [6, 6.07) is 10.3. The summed E-state index contributed by atoms with van der Waals surface area (Å²) in [4.78, 5) is 45.6. The predicted octanol–water partition coefficient (Wildman–Crippen LogP) is 3.95. The number of hydrogen-bond acceptors (Lipinski definition) is 7. The molecule has 0 aliphatic carbocycles. The lowest BCUT2D eigenvalue weighted by molar-refractivity contribution is -0.121. The van der Waals surface area contributed by atoms with Crippen LogP contribution in [0, 0.1) is 5.82 Å². The zero-order chi connectivity index (χ0) is 24.9. The van der Waals surface area contributed by atoms with E-state index >= 15 is 0 Å². The highest BCUT2D eigenvalue weighted by atomic mass is 32.1. The molecule has 1 aliphatic heterocycles. The van der Waals surface area contributed by atoms with Gasteiger partial charge in [-0.05, 0) is 44.2 Å². The van der Waals surface area contributed by atoms with Gasteiger partial charge >= 0.3 is 0 Å². The third-order valence-electron chi connectivity index (χ3n) is 5.50. The number of fused-ring (bicyclic) bond motifs is 1. The van der Waals surface area contributed by atoms with E-state index in [9.17, 15) is 18.8 Å². The molecule has 2 amide bonds. The molecule has 0 fully saturated rings. The van der Waals surface area contributed by atoms with E-state index < -0.39 is 5.82 Å². The first-order valence-corrected chi connectivity index (χ1v) is 12.0. The number of Topliss-reactive ketones (excluding diaryl/α,β-unsaturated/α-hetero) is 1. The van der Waals surface area contributed by atoms with E-state index in [1.165, 1.54) is 34.4 Å². The molecule has 4 rings (SSSR count). The van der Waals surface area contributed by atoms with Gasteiger partial charge in [0.15, 0.2) is 19.0 Å². The topological polar surface area (TPSA) is 89.0 Å². The molecule has 182 valence electrons. The molecule has 2 aromatic carbocycles. The molecule has 0 saturated heterocycles. The number of nitrogens with zero attached hydrogens (tertiary/aromatic N) is 3. The van der Waals surface area contributed by atoms with Crippen LogP contribution in [0.2, 0.25) is 0 Å². The molecular formula is C25H24FN3O5S. The number of halogens is 1. The molecule has 0 unspecified atom stereocenters. The van der Waals surface area contributed by atoms with Crippen molar-refractivity contribution >= 4 is 34.6 Å². The maximum Gasteiger partial charge on any atom is 0.273 e. The van der Waals surface area contributed by atoms with Crippen molar-refractivity contribution in [2.24, 2.45) is 0 Å². The lowest BCUT2D eigenvalue weighted by Gasteiger charge is -2.29. The number of carbonyl (C=O) groups is 3. The molecule has 8 nitrogen and oxygen atoms in total. The zero-order valence-electron chi connectivity index (χ0n) is 19.3. The van der Waals surface area contributed by atoms with Crippen molar-refractivity contribution < 1.29 is 28.2 Å². The van der Waals surface area contributed by atoms with Crippen LogP contribution in [0.3, 0.4) is 0 Å². The van der Waals surface area contributed by atoms with Crippen molar-refractivity contribution in [3.63, 3.8) is 0 Å². The SMILES string of the molecule is CCN(CC)C(=O)c1csc(CN2C(=O)COc3ccc(C(=O)COc4cccc(F)c4)cc32)n1. The van der Waals surface area contributed by atoms with Crippen LogP contribution in [0.5, 0.6) is 11.5 Å². The number of thiazole rings is 1. The summed E-state index contributed by atoms with van der Waals surface area (Å²) in [5.41, 5.74) is 1.10. The first-order chi connectivity index (χ1) is 16.9. The largest absolute Gasteiger partial charge is 0.485 e. The first-order valence-electron chi connectivity index (χ1n) is 11.1. The number of benzene rings is 2. The fraction of sp³-hybridized carbons (Fsp3) is 0.280. The van der Waals surface area contributed by atoms with Gasteiger partial charge in [0.2, 0.25) is 0 Å². The van der Waals surface area contributed by atoms with Gasteiger partial charge in [-0.2, -0.15) is 0 Å². The fourth-order valence-electron chi connectivity index (χ4n) is 3.63. The van der Waals surface area contributed by atoms with Crippen LogP contribution in [-0.2, 0) is 11.3 Å². The minimum absolute atomic E-state index is 0.139. The Morgan fingerprint density at radius 3 is 2.74 bits per heavy atom. The number of hydrogen-bond donors (Lipinski definition) is 0. The highest BCUT2D eigenvalue weighted by molar-refractivity contribution is 7.09. The maximum atomic E-state index is 13.3. The molecular weight excluding hydrogens is 473 g/mol. The van der Waals surface area contributed by atoms with Crippen LogP contribution in [0.25, 0.3) is 0 Å². The molecule has 3 aromatic rings. The van der Waals surface area contributed by atoms with Crippen molar-refractivity contribution in [1.82, 2.24) is 9.88 Å². The van der Waals surface area contributed by atoms with Crippen molar-refractivity contribution in [1.29, 1.82) is 0 Å². The fourth-order valence-corrected chi connectivity index (χ4v) is 4.38. The highest BCUT2D eigenvalue weighted by Crippen LogP contribution is 2.34. The number of ketones is 1. The third kappa shape index (κ3) is 5.48. The van der Waals surface area contributed by atoms with E-state index in [1.807, 2.05) is 13.8 Å². The first kappa shape index (κ1) is 24.3. The van der Waals surface area contributed by atoms with E-state index in [-0.39, 0.29) is 43.1 Å². The molecule has 0 radical (unpaired) electrons. The zero-order valence-corrected chi connectivity index (χ0v) is 20.1.